The van der Waals surface area contributed by atoms with Crippen LogP contribution in [0.5, 0.6) is 5.75 Å². The van der Waals surface area contributed by atoms with Crippen molar-refractivity contribution in [2.75, 3.05) is 12.4 Å². The van der Waals surface area contributed by atoms with Gasteiger partial charge in [0.15, 0.2) is 10.3 Å². The third kappa shape index (κ3) is 3.30. The molecule has 5 nitrogen and oxygen atoms in total. The van der Waals surface area contributed by atoms with Crippen LogP contribution in [0.3, 0.4) is 0 Å². The number of aromatic nitrogens is 2. The van der Waals surface area contributed by atoms with E-state index in [4.69, 9.17) is 39.5 Å². The predicted octanol–water partition coefficient (Wildman–Crippen LogP) is 3.70. The molecule has 2 aromatic rings. The summed E-state index contributed by atoms with van der Waals surface area (Å²) < 4.78 is 5.13. The summed E-state index contributed by atoms with van der Waals surface area (Å²) in [7, 11) is 1.48. The van der Waals surface area contributed by atoms with E-state index in [0.29, 0.717) is 16.5 Å². The first-order chi connectivity index (χ1) is 9.51. The van der Waals surface area contributed by atoms with Crippen LogP contribution in [0.25, 0.3) is 0 Å². The summed E-state index contributed by atoms with van der Waals surface area (Å²) in [6, 6.07) is 6.16. The van der Waals surface area contributed by atoms with Gasteiger partial charge >= 0.3 is 0 Å². The number of anilines is 1. The first kappa shape index (κ1) is 14.8. The van der Waals surface area contributed by atoms with Gasteiger partial charge in [0.1, 0.15) is 5.75 Å². The van der Waals surface area contributed by atoms with Crippen molar-refractivity contribution in [3.63, 3.8) is 0 Å². The van der Waals surface area contributed by atoms with Gasteiger partial charge in [-0.1, -0.05) is 34.8 Å². The number of hydrogen-bond acceptors (Lipinski definition) is 4. The summed E-state index contributed by atoms with van der Waals surface area (Å²) in [5.74, 6) is -0.0284. The number of methoxy groups -OCH3 is 1. The van der Waals surface area contributed by atoms with Gasteiger partial charge in [-0.25, -0.2) is 0 Å². The number of nitrogens with zero attached hydrogens (tertiary/aromatic N) is 2. The monoisotopic (exact) mass is 331 g/mol. The van der Waals surface area contributed by atoms with E-state index in [9.17, 15) is 4.79 Å². The molecular weight excluding hydrogens is 325 g/mol. The van der Waals surface area contributed by atoms with E-state index in [1.54, 1.807) is 18.2 Å². The maximum Gasteiger partial charge on any atom is 0.259 e. The lowest BCUT2D eigenvalue weighted by molar-refractivity contribution is 0.102. The molecular formula is C12H8Cl3N3O2. The van der Waals surface area contributed by atoms with Gasteiger partial charge in [-0.2, -0.15) is 0 Å². The van der Waals surface area contributed by atoms with Crippen LogP contribution < -0.4 is 10.1 Å². The minimum absolute atomic E-state index is 0.0482. The van der Waals surface area contributed by atoms with Crippen LogP contribution in [0.1, 0.15) is 10.4 Å². The maximum atomic E-state index is 12.1. The van der Waals surface area contributed by atoms with Crippen LogP contribution in [-0.4, -0.2) is 23.2 Å². The second kappa shape index (κ2) is 6.26. The molecule has 1 heterocycles. The molecule has 0 bridgehead atoms. The van der Waals surface area contributed by atoms with E-state index in [1.165, 1.54) is 13.2 Å². The molecule has 0 atom stereocenters. The van der Waals surface area contributed by atoms with E-state index in [-0.39, 0.29) is 15.9 Å². The molecule has 0 aliphatic heterocycles. The number of rotatable bonds is 3. The molecule has 0 aliphatic carbocycles. The molecule has 0 fully saturated rings. The summed E-state index contributed by atoms with van der Waals surface area (Å²) in [5, 5.41) is 10.2. The molecule has 20 heavy (non-hydrogen) atoms. The van der Waals surface area contributed by atoms with Crippen molar-refractivity contribution in [1.82, 2.24) is 10.2 Å². The van der Waals surface area contributed by atoms with Crippen molar-refractivity contribution in [3.05, 3.63) is 45.2 Å². The molecule has 0 aliphatic rings. The van der Waals surface area contributed by atoms with Gasteiger partial charge in [0.2, 0.25) is 0 Å². The summed E-state index contributed by atoms with van der Waals surface area (Å²) in [6.07, 6.45) is 0. The molecule has 1 aromatic heterocycles. The van der Waals surface area contributed by atoms with Gasteiger partial charge in [-0.3, -0.25) is 4.79 Å². The average Bonchev–Trinajstić information content (AvgIpc) is 2.41. The predicted molar refractivity (Wildman–Crippen MR) is 78.0 cm³/mol. The second-order valence-electron chi connectivity index (χ2n) is 3.67. The van der Waals surface area contributed by atoms with Gasteiger partial charge in [-0.05, 0) is 24.3 Å². The van der Waals surface area contributed by atoms with Gasteiger partial charge in [0.25, 0.3) is 5.91 Å². The first-order valence-electron chi connectivity index (χ1n) is 5.35. The highest BCUT2D eigenvalue weighted by Crippen LogP contribution is 2.28. The van der Waals surface area contributed by atoms with Crippen LogP contribution in [-0.2, 0) is 0 Å². The molecule has 1 aromatic carbocycles. The Hall–Kier alpha value is -1.56. The fourth-order valence-corrected chi connectivity index (χ4v) is 1.98. The maximum absolute atomic E-state index is 12.1. The highest BCUT2D eigenvalue weighted by Gasteiger charge is 2.15. The summed E-state index contributed by atoms with van der Waals surface area (Å²) in [4.78, 5) is 12.1. The van der Waals surface area contributed by atoms with E-state index in [1.807, 2.05) is 0 Å². The largest absolute Gasteiger partial charge is 0.495 e. The molecule has 0 unspecified atom stereocenters. The number of carbonyl (C=O) groups is 1. The third-order valence-corrected chi connectivity index (χ3v) is 3.07. The number of amides is 1. The SMILES string of the molecule is COc1ccc(Cl)cc1NC(=O)c1cc(Cl)nnc1Cl. The summed E-state index contributed by atoms with van der Waals surface area (Å²) in [6.45, 7) is 0. The molecule has 8 heteroatoms. The van der Waals surface area contributed by atoms with E-state index >= 15 is 0 Å². The van der Waals surface area contributed by atoms with Crippen LogP contribution in [0.4, 0.5) is 5.69 Å². The number of carbonyl (C=O) groups excluding carboxylic acids is 1. The Balaban J connectivity index is 2.32. The summed E-state index contributed by atoms with van der Waals surface area (Å²) >= 11 is 17.4. The van der Waals surface area contributed by atoms with Crippen LogP contribution in [0.15, 0.2) is 24.3 Å². The number of benzene rings is 1. The topological polar surface area (TPSA) is 64.1 Å². The minimum Gasteiger partial charge on any atom is -0.495 e. The molecule has 1 N–H and O–H groups in total. The zero-order chi connectivity index (χ0) is 14.7. The normalized spacial score (nSPS) is 10.2. The van der Waals surface area contributed by atoms with E-state index in [0.717, 1.165) is 0 Å². The lowest BCUT2D eigenvalue weighted by atomic mass is 10.2. The van der Waals surface area contributed by atoms with Gasteiger partial charge in [0.05, 0.1) is 18.4 Å². The Labute approximate surface area is 129 Å². The summed E-state index contributed by atoms with van der Waals surface area (Å²) in [5.41, 5.74) is 0.516. The second-order valence-corrected chi connectivity index (χ2v) is 4.85. The Kier molecular flexibility index (Phi) is 4.65. The Morgan fingerprint density at radius 1 is 1.20 bits per heavy atom. The fourth-order valence-electron chi connectivity index (χ4n) is 1.48. The average molecular weight is 333 g/mol. The van der Waals surface area contributed by atoms with Crippen molar-refractivity contribution in [3.8, 4) is 5.75 Å². The molecule has 1 amide bonds. The highest BCUT2D eigenvalue weighted by atomic mass is 35.5. The minimum atomic E-state index is -0.493. The van der Waals surface area contributed by atoms with Crippen molar-refractivity contribution < 1.29 is 9.53 Å². The van der Waals surface area contributed by atoms with Crippen molar-refractivity contribution in [2.45, 2.75) is 0 Å². The number of hydrogen-bond donors (Lipinski definition) is 1. The quantitative estimate of drug-likeness (QED) is 0.931. The Morgan fingerprint density at radius 3 is 2.65 bits per heavy atom. The number of ether oxygens (including phenoxy) is 1. The zero-order valence-corrected chi connectivity index (χ0v) is 12.4. The van der Waals surface area contributed by atoms with Gasteiger partial charge < -0.3 is 10.1 Å². The van der Waals surface area contributed by atoms with Crippen molar-refractivity contribution >= 4 is 46.4 Å². The van der Waals surface area contributed by atoms with Crippen molar-refractivity contribution in [2.24, 2.45) is 0 Å². The van der Waals surface area contributed by atoms with Crippen LogP contribution >= 0.6 is 34.8 Å². The molecule has 104 valence electrons. The standard InChI is InChI=1S/C12H8Cl3N3O2/c1-20-9-3-2-6(13)4-8(9)16-12(19)7-5-10(14)17-18-11(7)15/h2-5H,1H3,(H,16,19). The zero-order valence-electron chi connectivity index (χ0n) is 10.2. The molecule has 0 saturated carbocycles. The van der Waals surface area contributed by atoms with Gasteiger partial charge in [-0.15, -0.1) is 10.2 Å². The Bertz CT molecular complexity index is 664. The van der Waals surface area contributed by atoms with E-state index < -0.39 is 5.91 Å². The van der Waals surface area contributed by atoms with Crippen LogP contribution in [0, 0.1) is 0 Å². The highest BCUT2D eigenvalue weighted by molar-refractivity contribution is 6.34. The van der Waals surface area contributed by atoms with Crippen molar-refractivity contribution in [1.29, 1.82) is 0 Å². The van der Waals surface area contributed by atoms with Gasteiger partial charge in [0, 0.05) is 5.02 Å². The molecule has 0 saturated heterocycles. The smallest absolute Gasteiger partial charge is 0.259 e. The number of nitrogens with one attached hydrogen (secondary N) is 1. The van der Waals surface area contributed by atoms with E-state index in [2.05, 4.69) is 15.5 Å². The molecule has 2 rings (SSSR count). The lowest BCUT2D eigenvalue weighted by Crippen LogP contribution is -2.14. The number of halogens is 3. The fraction of sp³-hybridized carbons (Fsp3) is 0.0833. The van der Waals surface area contributed by atoms with Crippen LogP contribution in [0.2, 0.25) is 15.3 Å². The molecule has 0 spiro atoms. The third-order valence-electron chi connectivity index (χ3n) is 2.37. The Morgan fingerprint density at radius 2 is 1.95 bits per heavy atom. The molecule has 0 radical (unpaired) electrons. The lowest BCUT2D eigenvalue weighted by Gasteiger charge is -2.10. The first-order valence-corrected chi connectivity index (χ1v) is 6.48.